The van der Waals surface area contributed by atoms with Crippen molar-refractivity contribution < 1.29 is 13.2 Å². The number of hydrogen-bond donors (Lipinski definition) is 0. The Kier molecular flexibility index (Phi) is 3.56. The molecule has 0 saturated heterocycles. The molecule has 0 saturated carbocycles. The molecular weight excluding hydrogens is 255 g/mol. The molecule has 0 N–H and O–H groups in total. The Morgan fingerprint density at radius 1 is 1.26 bits per heavy atom. The van der Waals surface area contributed by atoms with E-state index in [4.69, 9.17) is 5.26 Å². The molecule has 0 amide bonds. The first kappa shape index (κ1) is 13.1. The minimum Gasteiger partial charge on any atom is -0.270 e. The molecular formula is C13H10F3N3. The second kappa shape index (κ2) is 5.14. The lowest BCUT2D eigenvalue weighted by atomic mass is 10.0. The van der Waals surface area contributed by atoms with Gasteiger partial charge in [-0.1, -0.05) is 30.3 Å². The minimum atomic E-state index is -4.41. The third-order valence-electron chi connectivity index (χ3n) is 2.69. The normalized spacial score (nSPS) is 12.9. The lowest BCUT2D eigenvalue weighted by molar-refractivity contribution is -0.137. The zero-order valence-electron chi connectivity index (χ0n) is 9.80. The van der Waals surface area contributed by atoms with Gasteiger partial charge in [-0.05, 0) is 5.56 Å². The van der Waals surface area contributed by atoms with Gasteiger partial charge in [0.1, 0.15) is 0 Å². The molecule has 0 bridgehead atoms. The van der Waals surface area contributed by atoms with E-state index in [-0.39, 0.29) is 6.54 Å². The number of nitriles is 1. The van der Waals surface area contributed by atoms with E-state index in [1.54, 1.807) is 24.3 Å². The zero-order valence-corrected chi connectivity index (χ0v) is 9.80. The van der Waals surface area contributed by atoms with Crippen LogP contribution >= 0.6 is 0 Å². The molecule has 3 nitrogen and oxygen atoms in total. The van der Waals surface area contributed by atoms with Crippen molar-refractivity contribution >= 4 is 0 Å². The van der Waals surface area contributed by atoms with E-state index in [0.29, 0.717) is 0 Å². The standard InChI is InChI=1S/C13H10F3N3/c14-13(15,16)12-7-18-19(9-12)8-11(6-17)10-4-2-1-3-5-10/h1-5,7,9,11H,8H2. The highest BCUT2D eigenvalue weighted by atomic mass is 19.4. The Labute approximate surface area is 107 Å². The van der Waals surface area contributed by atoms with E-state index in [9.17, 15) is 13.2 Å². The van der Waals surface area contributed by atoms with Crippen LogP contribution in [0.1, 0.15) is 17.0 Å². The fourth-order valence-corrected chi connectivity index (χ4v) is 1.70. The van der Waals surface area contributed by atoms with E-state index < -0.39 is 17.7 Å². The first-order valence-corrected chi connectivity index (χ1v) is 5.55. The van der Waals surface area contributed by atoms with Crippen molar-refractivity contribution in [1.82, 2.24) is 9.78 Å². The molecule has 98 valence electrons. The van der Waals surface area contributed by atoms with Crippen LogP contribution < -0.4 is 0 Å². The topological polar surface area (TPSA) is 41.6 Å². The summed E-state index contributed by atoms with van der Waals surface area (Å²) < 4.78 is 38.4. The number of halogens is 3. The van der Waals surface area contributed by atoms with Crippen molar-refractivity contribution in [3.05, 3.63) is 53.9 Å². The van der Waals surface area contributed by atoms with Crippen LogP contribution in [0.5, 0.6) is 0 Å². The lowest BCUT2D eigenvalue weighted by Gasteiger charge is -2.09. The van der Waals surface area contributed by atoms with Crippen molar-refractivity contribution in [2.75, 3.05) is 0 Å². The van der Waals surface area contributed by atoms with Gasteiger partial charge in [-0.2, -0.15) is 23.5 Å². The van der Waals surface area contributed by atoms with Gasteiger partial charge in [-0.15, -0.1) is 0 Å². The quantitative estimate of drug-likeness (QED) is 0.855. The first-order valence-electron chi connectivity index (χ1n) is 5.55. The molecule has 1 heterocycles. The average Bonchev–Trinajstić information content (AvgIpc) is 2.85. The van der Waals surface area contributed by atoms with Crippen LogP contribution in [-0.2, 0) is 12.7 Å². The van der Waals surface area contributed by atoms with Gasteiger partial charge < -0.3 is 0 Å². The first-order chi connectivity index (χ1) is 9.00. The molecule has 1 aromatic carbocycles. The maximum Gasteiger partial charge on any atom is 0.419 e. The Morgan fingerprint density at radius 2 is 1.95 bits per heavy atom. The van der Waals surface area contributed by atoms with E-state index in [2.05, 4.69) is 11.2 Å². The predicted octanol–water partition coefficient (Wildman–Crippen LogP) is 3.21. The molecule has 0 aliphatic carbocycles. The maximum absolute atomic E-state index is 12.4. The molecule has 1 unspecified atom stereocenters. The molecule has 0 fully saturated rings. The minimum absolute atomic E-state index is 0.0938. The fraction of sp³-hybridized carbons (Fsp3) is 0.231. The highest BCUT2D eigenvalue weighted by molar-refractivity contribution is 5.24. The van der Waals surface area contributed by atoms with Crippen molar-refractivity contribution in [3.8, 4) is 6.07 Å². The lowest BCUT2D eigenvalue weighted by Crippen LogP contribution is -2.08. The van der Waals surface area contributed by atoms with Gasteiger partial charge in [0, 0.05) is 6.20 Å². The zero-order chi connectivity index (χ0) is 13.9. The smallest absolute Gasteiger partial charge is 0.270 e. The Bertz CT molecular complexity index is 581. The summed E-state index contributed by atoms with van der Waals surface area (Å²) in [7, 11) is 0. The van der Waals surface area contributed by atoms with Gasteiger partial charge in [0.15, 0.2) is 0 Å². The van der Waals surface area contributed by atoms with Gasteiger partial charge in [-0.25, -0.2) is 0 Å². The number of alkyl halides is 3. The van der Waals surface area contributed by atoms with Crippen LogP contribution in [0, 0.1) is 11.3 Å². The summed E-state index contributed by atoms with van der Waals surface area (Å²) in [6, 6.07) is 11.0. The van der Waals surface area contributed by atoms with E-state index in [1.807, 2.05) is 6.07 Å². The van der Waals surface area contributed by atoms with Crippen LogP contribution in [0.25, 0.3) is 0 Å². The van der Waals surface area contributed by atoms with Gasteiger partial charge in [0.25, 0.3) is 0 Å². The Balaban J connectivity index is 2.16. The van der Waals surface area contributed by atoms with E-state index >= 15 is 0 Å². The fourth-order valence-electron chi connectivity index (χ4n) is 1.70. The molecule has 1 atom stereocenters. The van der Waals surface area contributed by atoms with Crippen molar-refractivity contribution in [2.45, 2.75) is 18.6 Å². The summed E-state index contributed by atoms with van der Waals surface area (Å²) in [5.74, 6) is -0.526. The highest BCUT2D eigenvalue weighted by Crippen LogP contribution is 2.29. The van der Waals surface area contributed by atoms with Crippen molar-refractivity contribution in [2.24, 2.45) is 0 Å². The number of hydrogen-bond acceptors (Lipinski definition) is 2. The molecule has 0 aliphatic rings. The molecule has 19 heavy (non-hydrogen) atoms. The van der Waals surface area contributed by atoms with E-state index in [0.717, 1.165) is 22.6 Å². The number of benzene rings is 1. The third-order valence-corrected chi connectivity index (χ3v) is 2.69. The second-order valence-electron chi connectivity index (χ2n) is 4.04. The van der Waals surface area contributed by atoms with Gasteiger partial charge in [0.05, 0.1) is 30.3 Å². The SMILES string of the molecule is N#CC(Cn1cc(C(F)(F)F)cn1)c1ccccc1. The van der Waals surface area contributed by atoms with Crippen LogP contribution in [0.2, 0.25) is 0 Å². The molecule has 2 rings (SSSR count). The van der Waals surface area contributed by atoms with Crippen LogP contribution in [0.3, 0.4) is 0 Å². The monoisotopic (exact) mass is 265 g/mol. The maximum atomic E-state index is 12.4. The Morgan fingerprint density at radius 3 is 2.47 bits per heavy atom. The van der Waals surface area contributed by atoms with Gasteiger partial charge in [0.2, 0.25) is 0 Å². The summed E-state index contributed by atoms with van der Waals surface area (Å²) in [6.07, 6.45) is -2.74. The molecule has 1 aromatic heterocycles. The largest absolute Gasteiger partial charge is 0.419 e. The van der Waals surface area contributed by atoms with Crippen LogP contribution in [0.4, 0.5) is 13.2 Å². The molecule has 2 aromatic rings. The summed E-state index contributed by atoms with van der Waals surface area (Å²) >= 11 is 0. The molecule has 0 radical (unpaired) electrons. The Hall–Kier alpha value is -2.29. The van der Waals surface area contributed by atoms with Crippen molar-refractivity contribution in [3.63, 3.8) is 0 Å². The summed E-state index contributed by atoms with van der Waals surface area (Å²) in [4.78, 5) is 0. The summed E-state index contributed by atoms with van der Waals surface area (Å²) in [5.41, 5.74) is -0.0497. The highest BCUT2D eigenvalue weighted by Gasteiger charge is 2.32. The van der Waals surface area contributed by atoms with Crippen LogP contribution in [-0.4, -0.2) is 9.78 Å². The van der Waals surface area contributed by atoms with E-state index in [1.165, 1.54) is 0 Å². The molecule has 6 heteroatoms. The number of rotatable bonds is 3. The third kappa shape index (κ3) is 3.13. The molecule has 0 aliphatic heterocycles. The van der Waals surface area contributed by atoms with Gasteiger partial charge in [-0.3, -0.25) is 4.68 Å². The number of aromatic nitrogens is 2. The van der Waals surface area contributed by atoms with Gasteiger partial charge >= 0.3 is 6.18 Å². The molecule has 0 spiro atoms. The predicted molar refractivity (Wildman–Crippen MR) is 62.0 cm³/mol. The average molecular weight is 265 g/mol. The number of nitrogens with zero attached hydrogens (tertiary/aromatic N) is 3. The van der Waals surface area contributed by atoms with Crippen molar-refractivity contribution in [1.29, 1.82) is 5.26 Å². The second-order valence-corrected chi connectivity index (χ2v) is 4.04. The van der Waals surface area contributed by atoms with Crippen LogP contribution in [0.15, 0.2) is 42.7 Å². The summed E-state index contributed by atoms with van der Waals surface area (Å²) in [5, 5.41) is 12.7. The summed E-state index contributed by atoms with van der Waals surface area (Å²) in [6.45, 7) is 0.0938.